The van der Waals surface area contributed by atoms with Crippen LogP contribution in [0.2, 0.25) is 5.02 Å². The van der Waals surface area contributed by atoms with Crippen LogP contribution in [0, 0.1) is 0 Å². The van der Waals surface area contributed by atoms with Crippen LogP contribution in [0.4, 0.5) is 0 Å². The molecule has 0 saturated heterocycles. The highest BCUT2D eigenvalue weighted by molar-refractivity contribution is 9.10. The van der Waals surface area contributed by atoms with E-state index in [2.05, 4.69) is 34.3 Å². The molecule has 1 unspecified atom stereocenters. The van der Waals surface area contributed by atoms with Crippen molar-refractivity contribution in [1.29, 1.82) is 0 Å². The summed E-state index contributed by atoms with van der Waals surface area (Å²) in [6, 6.07) is 6.32. The average molecular weight is 334 g/mol. The quantitative estimate of drug-likeness (QED) is 0.419. The minimum atomic E-state index is 0.306. The van der Waals surface area contributed by atoms with E-state index < -0.39 is 0 Å². The van der Waals surface area contributed by atoms with Crippen LogP contribution in [0.1, 0.15) is 44.6 Å². The van der Waals surface area contributed by atoms with Gasteiger partial charge in [0.05, 0.1) is 0 Å². The number of rotatable bonds is 8. The van der Waals surface area contributed by atoms with Crippen molar-refractivity contribution in [3.63, 3.8) is 0 Å². The Morgan fingerprint density at radius 1 is 1.33 bits per heavy atom. The lowest BCUT2D eigenvalue weighted by molar-refractivity contribution is 0.463. The number of hydrogen-bond donors (Lipinski definition) is 2. The molecule has 102 valence electrons. The van der Waals surface area contributed by atoms with Gasteiger partial charge in [-0.1, -0.05) is 66.2 Å². The van der Waals surface area contributed by atoms with E-state index >= 15 is 0 Å². The second-order valence-corrected chi connectivity index (χ2v) is 5.98. The first-order chi connectivity index (χ1) is 8.67. The van der Waals surface area contributed by atoms with Gasteiger partial charge < -0.3 is 0 Å². The maximum Gasteiger partial charge on any atom is 0.0449 e. The molecule has 2 nitrogen and oxygen atoms in total. The van der Waals surface area contributed by atoms with Crippen LogP contribution in [-0.4, -0.2) is 6.04 Å². The van der Waals surface area contributed by atoms with Gasteiger partial charge in [0, 0.05) is 15.5 Å². The zero-order chi connectivity index (χ0) is 13.4. The summed E-state index contributed by atoms with van der Waals surface area (Å²) in [4.78, 5) is 0. The Morgan fingerprint density at radius 3 is 2.72 bits per heavy atom. The Morgan fingerprint density at radius 2 is 2.11 bits per heavy atom. The Hall–Kier alpha value is -0.0900. The molecule has 0 radical (unpaired) electrons. The Balaban J connectivity index is 2.46. The lowest BCUT2D eigenvalue weighted by atomic mass is 10.0. The summed E-state index contributed by atoms with van der Waals surface area (Å²) >= 11 is 9.63. The van der Waals surface area contributed by atoms with Crippen molar-refractivity contribution in [2.75, 3.05) is 0 Å². The topological polar surface area (TPSA) is 38.0 Å². The molecule has 4 heteroatoms. The van der Waals surface area contributed by atoms with Gasteiger partial charge in [0.15, 0.2) is 0 Å². The van der Waals surface area contributed by atoms with Crippen LogP contribution >= 0.6 is 27.5 Å². The van der Waals surface area contributed by atoms with Gasteiger partial charge in [-0.15, -0.1) is 0 Å². The SMILES string of the molecule is CCCCCCC(Cc1ccc(Br)cc1Cl)NN. The molecule has 18 heavy (non-hydrogen) atoms. The molecule has 1 aromatic carbocycles. The molecule has 0 bridgehead atoms. The van der Waals surface area contributed by atoms with Gasteiger partial charge in [0.1, 0.15) is 0 Å². The molecule has 1 aromatic rings. The minimum absolute atomic E-state index is 0.306. The fraction of sp³-hybridized carbons (Fsp3) is 0.571. The molecule has 0 aromatic heterocycles. The van der Waals surface area contributed by atoms with Crippen LogP contribution in [-0.2, 0) is 6.42 Å². The molecule has 1 rings (SSSR count). The summed E-state index contributed by atoms with van der Waals surface area (Å²) in [6.45, 7) is 2.22. The van der Waals surface area contributed by atoms with E-state index in [0.717, 1.165) is 27.9 Å². The van der Waals surface area contributed by atoms with Gasteiger partial charge in [0.2, 0.25) is 0 Å². The molecule has 0 aliphatic rings. The zero-order valence-corrected chi connectivity index (χ0v) is 13.2. The Labute approximate surface area is 123 Å². The molecule has 0 fully saturated rings. The normalized spacial score (nSPS) is 12.7. The van der Waals surface area contributed by atoms with Gasteiger partial charge in [0.25, 0.3) is 0 Å². The van der Waals surface area contributed by atoms with E-state index in [0.29, 0.717) is 6.04 Å². The second-order valence-electron chi connectivity index (χ2n) is 4.65. The smallest absolute Gasteiger partial charge is 0.0449 e. The van der Waals surface area contributed by atoms with Crippen molar-refractivity contribution in [2.45, 2.75) is 51.5 Å². The van der Waals surface area contributed by atoms with Gasteiger partial charge >= 0.3 is 0 Å². The third-order valence-corrected chi connectivity index (χ3v) is 3.97. The van der Waals surface area contributed by atoms with Crippen molar-refractivity contribution in [3.05, 3.63) is 33.3 Å². The monoisotopic (exact) mass is 332 g/mol. The zero-order valence-electron chi connectivity index (χ0n) is 10.9. The van der Waals surface area contributed by atoms with E-state index in [9.17, 15) is 0 Å². The highest BCUT2D eigenvalue weighted by Crippen LogP contribution is 2.23. The maximum atomic E-state index is 6.22. The number of nitrogens with one attached hydrogen (secondary N) is 1. The lowest BCUT2D eigenvalue weighted by Crippen LogP contribution is -2.36. The lowest BCUT2D eigenvalue weighted by Gasteiger charge is -2.16. The Bertz CT molecular complexity index is 358. The number of unbranched alkanes of at least 4 members (excludes halogenated alkanes) is 3. The highest BCUT2D eigenvalue weighted by Gasteiger charge is 2.10. The highest BCUT2D eigenvalue weighted by atomic mass is 79.9. The van der Waals surface area contributed by atoms with Gasteiger partial charge in [-0.3, -0.25) is 11.3 Å². The average Bonchev–Trinajstić information content (AvgIpc) is 2.35. The molecule has 1 atom stereocenters. The predicted octanol–water partition coefficient (Wildman–Crippen LogP) is 4.45. The molecule has 3 N–H and O–H groups in total. The molecule has 0 spiro atoms. The second kappa shape index (κ2) is 8.92. The molecular weight excluding hydrogens is 312 g/mol. The van der Waals surface area contributed by atoms with E-state index in [1.807, 2.05) is 12.1 Å². The van der Waals surface area contributed by atoms with Crippen molar-refractivity contribution >= 4 is 27.5 Å². The van der Waals surface area contributed by atoms with Gasteiger partial charge in [-0.2, -0.15) is 0 Å². The first-order valence-electron chi connectivity index (χ1n) is 6.57. The first kappa shape index (κ1) is 16.0. The van der Waals surface area contributed by atoms with E-state index in [1.165, 1.54) is 25.7 Å². The number of hydrogen-bond acceptors (Lipinski definition) is 2. The number of benzene rings is 1. The summed E-state index contributed by atoms with van der Waals surface area (Å²) in [5, 5.41) is 0.804. The van der Waals surface area contributed by atoms with Crippen molar-refractivity contribution < 1.29 is 0 Å². The molecule has 0 heterocycles. The molecular formula is C14H22BrClN2. The number of hydrazine groups is 1. The van der Waals surface area contributed by atoms with Crippen LogP contribution in [0.25, 0.3) is 0 Å². The van der Waals surface area contributed by atoms with E-state index in [4.69, 9.17) is 17.4 Å². The number of halogens is 2. The van der Waals surface area contributed by atoms with Crippen LogP contribution in [0.5, 0.6) is 0 Å². The van der Waals surface area contributed by atoms with Crippen LogP contribution in [0.3, 0.4) is 0 Å². The van der Waals surface area contributed by atoms with E-state index in [-0.39, 0.29) is 0 Å². The third kappa shape index (κ3) is 5.70. The summed E-state index contributed by atoms with van der Waals surface area (Å²) in [7, 11) is 0. The summed E-state index contributed by atoms with van der Waals surface area (Å²) in [5.74, 6) is 5.61. The standard InChI is InChI=1S/C14H22BrClN2/c1-2-3-4-5-6-13(18-17)9-11-7-8-12(15)10-14(11)16/h7-8,10,13,18H,2-6,9,17H2,1H3. The van der Waals surface area contributed by atoms with Crippen molar-refractivity contribution in [1.82, 2.24) is 5.43 Å². The van der Waals surface area contributed by atoms with Crippen LogP contribution in [0.15, 0.2) is 22.7 Å². The molecule has 0 aliphatic carbocycles. The minimum Gasteiger partial charge on any atom is -0.271 e. The first-order valence-corrected chi connectivity index (χ1v) is 7.74. The summed E-state index contributed by atoms with van der Waals surface area (Å²) < 4.78 is 1.01. The van der Waals surface area contributed by atoms with Crippen molar-refractivity contribution in [2.24, 2.45) is 5.84 Å². The summed E-state index contributed by atoms with van der Waals surface area (Å²) in [5.41, 5.74) is 4.05. The van der Waals surface area contributed by atoms with E-state index in [1.54, 1.807) is 0 Å². The van der Waals surface area contributed by atoms with Gasteiger partial charge in [-0.25, -0.2) is 0 Å². The third-order valence-electron chi connectivity index (χ3n) is 3.12. The fourth-order valence-electron chi connectivity index (χ4n) is 2.01. The molecule has 0 aliphatic heterocycles. The summed E-state index contributed by atoms with van der Waals surface area (Å²) in [6.07, 6.45) is 7.05. The van der Waals surface area contributed by atoms with Crippen molar-refractivity contribution in [3.8, 4) is 0 Å². The number of nitrogens with two attached hydrogens (primary N) is 1. The molecule has 0 amide bonds. The Kier molecular flexibility index (Phi) is 7.91. The maximum absolute atomic E-state index is 6.22. The largest absolute Gasteiger partial charge is 0.271 e. The fourth-order valence-corrected chi connectivity index (χ4v) is 2.77. The predicted molar refractivity (Wildman–Crippen MR) is 82.7 cm³/mol. The van der Waals surface area contributed by atoms with Gasteiger partial charge in [-0.05, 0) is 30.5 Å². The van der Waals surface area contributed by atoms with Crippen LogP contribution < -0.4 is 11.3 Å². The molecule has 0 saturated carbocycles.